The number of hydrogen-bond acceptors (Lipinski definition) is 6. The Kier molecular flexibility index (Phi) is 5.62. The van der Waals surface area contributed by atoms with Crippen LogP contribution >= 0.6 is 11.8 Å². The summed E-state index contributed by atoms with van der Waals surface area (Å²) in [5, 5.41) is 7.21. The van der Waals surface area contributed by atoms with E-state index in [4.69, 9.17) is 9.51 Å². The van der Waals surface area contributed by atoms with E-state index in [2.05, 4.69) is 59.6 Å². The van der Waals surface area contributed by atoms with Crippen molar-refractivity contribution in [1.82, 2.24) is 15.1 Å². The number of aryl methyl sites for hydroxylation is 2. The first-order valence-electron chi connectivity index (χ1n) is 9.41. The molecule has 0 saturated heterocycles. The van der Waals surface area contributed by atoms with E-state index in [0.29, 0.717) is 11.7 Å². The number of pyridine rings is 1. The van der Waals surface area contributed by atoms with Gasteiger partial charge in [0.05, 0.1) is 5.56 Å². The van der Waals surface area contributed by atoms with Gasteiger partial charge in [0.1, 0.15) is 11.1 Å². The van der Waals surface area contributed by atoms with Crippen molar-refractivity contribution in [3.05, 3.63) is 89.4 Å². The third-order valence-corrected chi connectivity index (χ3v) is 6.02. The van der Waals surface area contributed by atoms with Crippen molar-refractivity contribution < 1.29 is 4.52 Å². The molecule has 29 heavy (non-hydrogen) atoms. The van der Waals surface area contributed by atoms with Gasteiger partial charge in [-0.3, -0.25) is 0 Å². The molecule has 1 unspecified atom stereocenters. The lowest BCUT2D eigenvalue weighted by atomic mass is 10.1. The molecule has 1 atom stereocenters. The lowest BCUT2D eigenvalue weighted by molar-refractivity contribution is 0.384. The molecule has 0 bridgehead atoms. The monoisotopic (exact) mass is 402 g/mol. The first kappa shape index (κ1) is 19.2. The average molecular weight is 403 g/mol. The van der Waals surface area contributed by atoms with Gasteiger partial charge in [0.25, 0.3) is 0 Å². The molecular weight excluding hydrogens is 380 g/mol. The highest BCUT2D eigenvalue weighted by atomic mass is 32.2. The topological polar surface area (TPSA) is 63.8 Å². The van der Waals surface area contributed by atoms with Crippen LogP contribution in [0, 0.1) is 13.8 Å². The van der Waals surface area contributed by atoms with Crippen molar-refractivity contribution >= 4 is 17.6 Å². The molecule has 6 heteroatoms. The molecule has 0 aliphatic carbocycles. The quantitative estimate of drug-likeness (QED) is 0.419. The van der Waals surface area contributed by atoms with Crippen LogP contribution in [0.2, 0.25) is 0 Å². The molecule has 0 fully saturated rings. The van der Waals surface area contributed by atoms with Gasteiger partial charge in [-0.15, -0.1) is 11.8 Å². The van der Waals surface area contributed by atoms with Crippen molar-refractivity contribution in [2.24, 2.45) is 0 Å². The van der Waals surface area contributed by atoms with E-state index < -0.39 is 0 Å². The number of aromatic nitrogens is 3. The van der Waals surface area contributed by atoms with E-state index in [1.54, 1.807) is 18.0 Å². The molecule has 2 aromatic carbocycles. The Hall–Kier alpha value is -3.12. The molecule has 0 saturated carbocycles. The zero-order chi connectivity index (χ0) is 20.2. The molecule has 5 nitrogen and oxygen atoms in total. The molecule has 1 N–H and O–H groups in total. The van der Waals surface area contributed by atoms with Crippen LogP contribution in [0.15, 0.2) is 76.3 Å². The van der Waals surface area contributed by atoms with E-state index in [9.17, 15) is 0 Å². The molecule has 0 amide bonds. The molecule has 4 rings (SSSR count). The van der Waals surface area contributed by atoms with E-state index in [-0.39, 0.29) is 5.25 Å². The van der Waals surface area contributed by atoms with Gasteiger partial charge >= 0.3 is 0 Å². The maximum Gasteiger partial charge on any atom is 0.244 e. The minimum Gasteiger partial charge on any atom is -0.373 e. The highest BCUT2D eigenvalue weighted by Crippen LogP contribution is 2.41. The van der Waals surface area contributed by atoms with Crippen LogP contribution in [0.3, 0.4) is 0 Å². The van der Waals surface area contributed by atoms with Gasteiger partial charge in [-0.05, 0) is 54.8 Å². The summed E-state index contributed by atoms with van der Waals surface area (Å²) in [5.41, 5.74) is 4.47. The van der Waals surface area contributed by atoms with Gasteiger partial charge in [0.2, 0.25) is 11.7 Å². The Morgan fingerprint density at radius 3 is 2.55 bits per heavy atom. The molecule has 4 aromatic rings. The second-order valence-corrected chi connectivity index (χ2v) is 7.94. The molecule has 0 radical (unpaired) electrons. The number of rotatable bonds is 6. The Morgan fingerprint density at radius 2 is 1.79 bits per heavy atom. The van der Waals surface area contributed by atoms with Gasteiger partial charge in [-0.1, -0.05) is 41.6 Å². The molecule has 2 aromatic heterocycles. The third kappa shape index (κ3) is 4.17. The number of benzene rings is 2. The fraction of sp³-hybridized carbons (Fsp3) is 0.174. The minimum absolute atomic E-state index is 0.103. The van der Waals surface area contributed by atoms with Crippen LogP contribution in [0.25, 0.3) is 11.4 Å². The van der Waals surface area contributed by atoms with Crippen LogP contribution in [-0.4, -0.2) is 22.2 Å². The molecule has 146 valence electrons. The van der Waals surface area contributed by atoms with Crippen LogP contribution in [0.5, 0.6) is 0 Å². The summed E-state index contributed by atoms with van der Waals surface area (Å²) in [4.78, 5) is 10.2. The summed E-state index contributed by atoms with van der Waals surface area (Å²) >= 11 is 1.71. The zero-order valence-corrected chi connectivity index (χ0v) is 17.4. The molecule has 0 aliphatic rings. The Labute approximate surface area is 174 Å². The summed E-state index contributed by atoms with van der Waals surface area (Å²) in [5.74, 6) is 1.82. The van der Waals surface area contributed by atoms with E-state index in [1.165, 1.54) is 16.0 Å². The smallest absolute Gasteiger partial charge is 0.244 e. The SMILES string of the molecule is CNc1ncccc1-c1noc(C(Sc2ccc(C)c(C)c2)c2ccccc2)n1. The standard InChI is InChI=1S/C23H22N4OS/c1-15-11-12-18(14-16(15)2)29-20(17-8-5-4-6-9-17)23-26-22(27-28-23)19-10-7-13-25-21(19)24-3/h4-14,20H,1-3H3,(H,24,25). The lowest BCUT2D eigenvalue weighted by Gasteiger charge is -2.14. The van der Waals surface area contributed by atoms with Crippen molar-refractivity contribution in [3.63, 3.8) is 0 Å². The molecular formula is C23H22N4OS. The largest absolute Gasteiger partial charge is 0.373 e. The van der Waals surface area contributed by atoms with Crippen LogP contribution in [-0.2, 0) is 0 Å². The predicted molar refractivity (Wildman–Crippen MR) is 117 cm³/mol. The van der Waals surface area contributed by atoms with Crippen LogP contribution in [0.1, 0.15) is 27.8 Å². The van der Waals surface area contributed by atoms with Crippen molar-refractivity contribution in [2.75, 3.05) is 12.4 Å². The number of nitrogens with one attached hydrogen (secondary N) is 1. The number of thioether (sulfide) groups is 1. The minimum atomic E-state index is -0.103. The first-order chi connectivity index (χ1) is 14.2. The van der Waals surface area contributed by atoms with E-state index in [0.717, 1.165) is 16.9 Å². The van der Waals surface area contributed by atoms with Gasteiger partial charge in [-0.2, -0.15) is 4.98 Å². The zero-order valence-electron chi connectivity index (χ0n) is 16.6. The van der Waals surface area contributed by atoms with Crippen LogP contribution < -0.4 is 5.32 Å². The highest BCUT2D eigenvalue weighted by Gasteiger charge is 2.24. The van der Waals surface area contributed by atoms with E-state index >= 15 is 0 Å². The van der Waals surface area contributed by atoms with Gasteiger partial charge in [0.15, 0.2) is 0 Å². The Balaban J connectivity index is 1.72. The number of nitrogens with zero attached hydrogens (tertiary/aromatic N) is 3. The molecule has 0 aliphatic heterocycles. The number of hydrogen-bond donors (Lipinski definition) is 1. The first-order valence-corrected chi connectivity index (χ1v) is 10.3. The molecule has 0 spiro atoms. The number of anilines is 1. The van der Waals surface area contributed by atoms with Gasteiger partial charge < -0.3 is 9.84 Å². The Morgan fingerprint density at radius 1 is 0.966 bits per heavy atom. The highest BCUT2D eigenvalue weighted by molar-refractivity contribution is 7.99. The second-order valence-electron chi connectivity index (χ2n) is 6.76. The summed E-state index contributed by atoms with van der Waals surface area (Å²) in [6, 6.07) is 20.5. The van der Waals surface area contributed by atoms with Gasteiger partial charge in [0, 0.05) is 18.1 Å². The summed E-state index contributed by atoms with van der Waals surface area (Å²) in [7, 11) is 1.83. The summed E-state index contributed by atoms with van der Waals surface area (Å²) < 4.78 is 5.72. The Bertz CT molecular complexity index is 1110. The fourth-order valence-electron chi connectivity index (χ4n) is 3.05. The predicted octanol–water partition coefficient (Wildman–Crippen LogP) is 5.67. The second kappa shape index (κ2) is 8.49. The van der Waals surface area contributed by atoms with Gasteiger partial charge in [-0.25, -0.2) is 4.98 Å². The third-order valence-electron chi connectivity index (χ3n) is 4.79. The van der Waals surface area contributed by atoms with Crippen molar-refractivity contribution in [1.29, 1.82) is 0 Å². The van der Waals surface area contributed by atoms with Crippen LogP contribution in [0.4, 0.5) is 5.82 Å². The maximum atomic E-state index is 5.72. The van der Waals surface area contributed by atoms with Crippen molar-refractivity contribution in [3.8, 4) is 11.4 Å². The molecule has 2 heterocycles. The summed E-state index contributed by atoms with van der Waals surface area (Å²) in [6.45, 7) is 4.25. The maximum absolute atomic E-state index is 5.72. The fourth-order valence-corrected chi connectivity index (χ4v) is 4.20. The average Bonchev–Trinajstić information content (AvgIpc) is 3.25. The van der Waals surface area contributed by atoms with Crippen molar-refractivity contribution in [2.45, 2.75) is 24.0 Å². The lowest BCUT2D eigenvalue weighted by Crippen LogP contribution is -1.99. The normalized spacial score (nSPS) is 12.0. The summed E-state index contributed by atoms with van der Waals surface area (Å²) in [6.07, 6.45) is 1.73. The van der Waals surface area contributed by atoms with E-state index in [1.807, 2.05) is 37.4 Å².